The third-order valence-corrected chi connectivity index (χ3v) is 1.70. The van der Waals surface area contributed by atoms with Crippen molar-refractivity contribution in [3.05, 3.63) is 91.8 Å². The molecule has 0 fully saturated rings. The van der Waals surface area contributed by atoms with Crippen molar-refractivity contribution >= 4 is 6.47 Å². The number of carboxylic acid groups (broad SMARTS) is 1. The van der Waals surface area contributed by atoms with Crippen LogP contribution in [0.4, 0.5) is 0 Å². The van der Waals surface area contributed by atoms with Crippen molar-refractivity contribution in [3.63, 3.8) is 0 Å². The van der Waals surface area contributed by atoms with Gasteiger partial charge in [0.2, 0.25) is 0 Å². The van der Waals surface area contributed by atoms with Gasteiger partial charge in [-0.05, 0) is 36.4 Å². The van der Waals surface area contributed by atoms with Crippen LogP contribution >= 0.6 is 0 Å². The van der Waals surface area contributed by atoms with Crippen LogP contribution in [0.25, 0.3) is 0 Å². The Morgan fingerprint density at radius 2 is 0.727 bits per heavy atom. The average Bonchev–Trinajstić information content (AvgIpc) is 2.61. The van der Waals surface area contributed by atoms with Crippen LogP contribution in [-0.4, -0.2) is 26.5 Å². The molecule has 5 nitrogen and oxygen atoms in total. The minimum atomic E-state index is -0.250. The summed E-state index contributed by atoms with van der Waals surface area (Å²) in [4.78, 5) is 19.7. The maximum atomic E-state index is 8.36. The topological polar surface area (TPSA) is 76.0 Å². The molecule has 114 valence electrons. The van der Waals surface area contributed by atoms with E-state index in [-0.39, 0.29) is 23.8 Å². The zero-order valence-corrected chi connectivity index (χ0v) is 13.1. The summed E-state index contributed by atoms with van der Waals surface area (Å²) in [6.45, 7) is -0.250. The van der Waals surface area contributed by atoms with E-state index >= 15 is 0 Å². The van der Waals surface area contributed by atoms with E-state index in [1.807, 2.05) is 54.6 Å². The molecule has 0 aliphatic rings. The van der Waals surface area contributed by atoms with Crippen molar-refractivity contribution in [1.29, 1.82) is 0 Å². The van der Waals surface area contributed by atoms with Gasteiger partial charge in [0, 0.05) is 54.5 Å². The van der Waals surface area contributed by atoms with Crippen LogP contribution in [-0.2, 0) is 22.2 Å². The van der Waals surface area contributed by atoms with Gasteiger partial charge in [-0.1, -0.05) is 18.2 Å². The van der Waals surface area contributed by atoms with Crippen molar-refractivity contribution in [1.82, 2.24) is 15.0 Å². The summed E-state index contributed by atoms with van der Waals surface area (Å²) in [6, 6.07) is 17.1. The van der Waals surface area contributed by atoms with Gasteiger partial charge in [-0.2, -0.15) is 0 Å². The molecule has 6 heteroatoms. The molecule has 0 unspecified atom stereocenters. The second kappa shape index (κ2) is 20.8. The SMILES string of the molecule is O=CO.[Cr].c1ccncc1.c1ccncc1.c1ccncc1. The number of carbonyl (C=O) groups is 1. The molecular formula is C16H17CrN3O2. The number of nitrogens with zero attached hydrogens (tertiary/aromatic N) is 3. The van der Waals surface area contributed by atoms with Gasteiger partial charge in [-0.15, -0.1) is 0 Å². The van der Waals surface area contributed by atoms with Crippen LogP contribution in [0.15, 0.2) is 91.8 Å². The summed E-state index contributed by atoms with van der Waals surface area (Å²) in [5.41, 5.74) is 0. The first-order valence-electron chi connectivity index (χ1n) is 6.04. The van der Waals surface area contributed by atoms with Gasteiger partial charge in [0.25, 0.3) is 6.47 Å². The fraction of sp³-hybridized carbons (Fsp3) is 0. The smallest absolute Gasteiger partial charge is 0.290 e. The molecule has 0 atom stereocenters. The van der Waals surface area contributed by atoms with E-state index in [1.54, 1.807) is 37.2 Å². The molecule has 0 radical (unpaired) electrons. The molecule has 22 heavy (non-hydrogen) atoms. The van der Waals surface area contributed by atoms with Crippen LogP contribution < -0.4 is 0 Å². The van der Waals surface area contributed by atoms with E-state index in [0.717, 1.165) is 0 Å². The predicted octanol–water partition coefficient (Wildman–Crippen LogP) is 2.94. The third-order valence-electron chi connectivity index (χ3n) is 1.70. The molecule has 3 aromatic heterocycles. The van der Waals surface area contributed by atoms with Gasteiger partial charge in [-0.3, -0.25) is 19.7 Å². The van der Waals surface area contributed by atoms with E-state index in [0.29, 0.717) is 0 Å². The zero-order valence-electron chi connectivity index (χ0n) is 11.8. The molecule has 0 bridgehead atoms. The van der Waals surface area contributed by atoms with Crippen molar-refractivity contribution in [2.75, 3.05) is 0 Å². The molecule has 3 rings (SSSR count). The largest absolute Gasteiger partial charge is 0.483 e. The van der Waals surface area contributed by atoms with Gasteiger partial charge in [0.05, 0.1) is 0 Å². The van der Waals surface area contributed by atoms with E-state index in [9.17, 15) is 0 Å². The number of hydrogen-bond donors (Lipinski definition) is 1. The minimum absolute atomic E-state index is 0. The van der Waals surface area contributed by atoms with E-state index in [4.69, 9.17) is 9.90 Å². The maximum Gasteiger partial charge on any atom is 0.290 e. The third kappa shape index (κ3) is 19.8. The van der Waals surface area contributed by atoms with Crippen LogP contribution in [0, 0.1) is 0 Å². The standard InChI is InChI=1S/3C5H5N.CH2O2.Cr/c3*1-2-4-6-5-3-1;2-1-3;/h3*1-5H;1H,(H,2,3);. The number of pyridine rings is 3. The molecule has 0 spiro atoms. The Balaban J connectivity index is 0. The second-order valence-electron chi connectivity index (χ2n) is 3.18. The van der Waals surface area contributed by atoms with Gasteiger partial charge >= 0.3 is 0 Å². The Hall–Kier alpha value is -2.55. The summed E-state index contributed by atoms with van der Waals surface area (Å²) in [5.74, 6) is 0. The van der Waals surface area contributed by atoms with Crippen LogP contribution in [0.1, 0.15) is 0 Å². The molecule has 0 saturated carbocycles. The Bertz CT molecular complexity index is 358. The number of rotatable bonds is 0. The fourth-order valence-corrected chi connectivity index (χ4v) is 0.938. The average molecular weight is 335 g/mol. The van der Waals surface area contributed by atoms with E-state index < -0.39 is 0 Å². The molecule has 0 amide bonds. The molecule has 0 aliphatic heterocycles. The van der Waals surface area contributed by atoms with E-state index in [2.05, 4.69) is 15.0 Å². The number of aromatic nitrogens is 3. The first kappa shape index (κ1) is 21.7. The van der Waals surface area contributed by atoms with Crippen LogP contribution in [0.3, 0.4) is 0 Å². The van der Waals surface area contributed by atoms with Gasteiger partial charge < -0.3 is 5.11 Å². The molecular weight excluding hydrogens is 318 g/mol. The summed E-state index contributed by atoms with van der Waals surface area (Å²) >= 11 is 0. The summed E-state index contributed by atoms with van der Waals surface area (Å²) < 4.78 is 0. The Morgan fingerprint density at radius 3 is 0.773 bits per heavy atom. The monoisotopic (exact) mass is 335 g/mol. The molecule has 3 heterocycles. The normalized spacial score (nSPS) is 7.09. The quantitative estimate of drug-likeness (QED) is 0.639. The van der Waals surface area contributed by atoms with Crippen molar-refractivity contribution in [3.8, 4) is 0 Å². The zero-order chi connectivity index (χ0) is 15.4. The van der Waals surface area contributed by atoms with Crippen molar-refractivity contribution < 1.29 is 27.3 Å². The molecule has 0 aromatic carbocycles. The molecule has 3 aromatic rings. The first-order valence-corrected chi connectivity index (χ1v) is 6.04. The number of hydrogen-bond acceptors (Lipinski definition) is 4. The Morgan fingerprint density at radius 1 is 0.545 bits per heavy atom. The van der Waals surface area contributed by atoms with Gasteiger partial charge in [0.15, 0.2) is 0 Å². The predicted molar refractivity (Wildman–Crippen MR) is 81.4 cm³/mol. The summed E-state index contributed by atoms with van der Waals surface area (Å²) in [5, 5.41) is 6.89. The molecule has 0 saturated heterocycles. The Kier molecular flexibility index (Phi) is 20.5. The van der Waals surface area contributed by atoms with E-state index in [1.165, 1.54) is 0 Å². The second-order valence-corrected chi connectivity index (χ2v) is 3.18. The van der Waals surface area contributed by atoms with Crippen molar-refractivity contribution in [2.24, 2.45) is 0 Å². The molecule has 1 N–H and O–H groups in total. The van der Waals surface area contributed by atoms with Gasteiger partial charge in [0.1, 0.15) is 0 Å². The minimum Gasteiger partial charge on any atom is -0.483 e. The summed E-state index contributed by atoms with van der Waals surface area (Å²) in [7, 11) is 0. The van der Waals surface area contributed by atoms with Crippen molar-refractivity contribution in [2.45, 2.75) is 0 Å². The summed E-state index contributed by atoms with van der Waals surface area (Å²) in [6.07, 6.45) is 10.5. The maximum absolute atomic E-state index is 8.36. The first-order chi connectivity index (χ1) is 10.4. The van der Waals surface area contributed by atoms with Gasteiger partial charge in [-0.25, -0.2) is 0 Å². The molecule has 0 aliphatic carbocycles. The fourth-order valence-electron chi connectivity index (χ4n) is 0.938. The Labute approximate surface area is 140 Å². The van der Waals surface area contributed by atoms with Crippen LogP contribution in [0.5, 0.6) is 0 Å². The van der Waals surface area contributed by atoms with Crippen LogP contribution in [0.2, 0.25) is 0 Å².